The first-order valence-corrected chi connectivity index (χ1v) is 6.51. The van der Waals surface area contributed by atoms with Crippen LogP contribution in [0.1, 0.15) is 23.6 Å². The first-order valence-electron chi connectivity index (χ1n) is 6.51. The maximum Gasteiger partial charge on any atom is 0.416 e. The molecule has 1 nitrogen and oxygen atoms in total. The lowest BCUT2D eigenvalue weighted by molar-refractivity contribution is -0.137. The molecule has 0 fully saturated rings. The van der Waals surface area contributed by atoms with Crippen molar-refractivity contribution in [3.05, 3.63) is 59.7 Å². The highest BCUT2D eigenvalue weighted by Gasteiger charge is 2.29. The summed E-state index contributed by atoms with van der Waals surface area (Å²) < 4.78 is 49.7. The van der Waals surface area contributed by atoms with Crippen LogP contribution in [0.3, 0.4) is 0 Å². The quantitative estimate of drug-likeness (QED) is 0.769. The summed E-state index contributed by atoms with van der Waals surface area (Å²) in [5.74, 6) is 0. The Labute approximate surface area is 132 Å². The number of alkyl halides is 4. The fraction of sp³-hybridized carbons (Fsp3) is 0.250. The lowest BCUT2D eigenvalue weighted by atomic mass is 9.99. The number of hydrogen-bond donors (Lipinski definition) is 1. The molecule has 22 heavy (non-hydrogen) atoms. The van der Waals surface area contributed by atoms with Gasteiger partial charge in [-0.3, -0.25) is 4.39 Å². The van der Waals surface area contributed by atoms with Crippen molar-refractivity contribution in [3.8, 4) is 11.1 Å². The SMILES string of the molecule is Cl.N[C@H](CCF)c1ccc(-c2ccc(C(F)(F)F)cc2)cc1. The van der Waals surface area contributed by atoms with Gasteiger partial charge in [-0.05, 0) is 35.2 Å². The fourth-order valence-electron chi connectivity index (χ4n) is 2.06. The summed E-state index contributed by atoms with van der Waals surface area (Å²) in [5, 5.41) is 0. The van der Waals surface area contributed by atoms with E-state index in [0.717, 1.165) is 23.3 Å². The zero-order chi connectivity index (χ0) is 15.5. The molecule has 2 rings (SSSR count). The van der Waals surface area contributed by atoms with Crippen LogP contribution in [0.5, 0.6) is 0 Å². The summed E-state index contributed by atoms with van der Waals surface area (Å²) in [5.41, 5.74) is 7.41. The van der Waals surface area contributed by atoms with Gasteiger partial charge in [0.05, 0.1) is 12.2 Å². The van der Waals surface area contributed by atoms with Crippen LogP contribution in [0.2, 0.25) is 0 Å². The van der Waals surface area contributed by atoms with E-state index in [0.29, 0.717) is 5.56 Å². The van der Waals surface area contributed by atoms with Gasteiger partial charge in [0.25, 0.3) is 0 Å². The molecule has 0 heterocycles. The monoisotopic (exact) mass is 333 g/mol. The molecule has 0 amide bonds. The molecule has 0 aliphatic heterocycles. The molecule has 2 aromatic rings. The third-order valence-corrected chi connectivity index (χ3v) is 3.30. The van der Waals surface area contributed by atoms with E-state index in [1.165, 1.54) is 12.1 Å². The Morgan fingerprint density at radius 2 is 1.32 bits per heavy atom. The smallest absolute Gasteiger partial charge is 0.324 e. The summed E-state index contributed by atoms with van der Waals surface area (Å²) in [6.45, 7) is -0.484. The standard InChI is InChI=1S/C16H15F4N.ClH/c17-10-9-15(21)13-3-1-11(2-4-13)12-5-7-14(8-6-12)16(18,19)20;/h1-8,15H,9-10,21H2;1H/t15-;/m1./s1. The van der Waals surface area contributed by atoms with Crippen molar-refractivity contribution in [1.29, 1.82) is 0 Å². The van der Waals surface area contributed by atoms with Crippen molar-refractivity contribution in [3.63, 3.8) is 0 Å². The molecule has 6 heteroatoms. The van der Waals surface area contributed by atoms with Gasteiger partial charge in [-0.1, -0.05) is 36.4 Å². The third-order valence-electron chi connectivity index (χ3n) is 3.30. The first-order chi connectivity index (χ1) is 9.91. The van der Waals surface area contributed by atoms with Crippen LogP contribution in [-0.4, -0.2) is 6.67 Å². The lowest BCUT2D eigenvalue weighted by Gasteiger charge is -2.11. The Balaban J connectivity index is 0.00000242. The van der Waals surface area contributed by atoms with Crippen LogP contribution in [0, 0.1) is 0 Å². The van der Waals surface area contributed by atoms with E-state index < -0.39 is 18.4 Å². The largest absolute Gasteiger partial charge is 0.416 e. The number of benzene rings is 2. The predicted octanol–water partition coefficient (Wildman–Crippen LogP) is 5.15. The minimum Gasteiger partial charge on any atom is -0.324 e. The molecule has 0 radical (unpaired) electrons. The van der Waals surface area contributed by atoms with E-state index in [9.17, 15) is 17.6 Å². The van der Waals surface area contributed by atoms with Gasteiger partial charge in [-0.25, -0.2) is 0 Å². The predicted molar refractivity (Wildman–Crippen MR) is 81.6 cm³/mol. The van der Waals surface area contributed by atoms with E-state index in [-0.39, 0.29) is 24.9 Å². The zero-order valence-corrected chi connectivity index (χ0v) is 12.4. The third kappa shape index (κ3) is 4.45. The van der Waals surface area contributed by atoms with Gasteiger partial charge in [0.1, 0.15) is 0 Å². The highest BCUT2D eigenvalue weighted by atomic mass is 35.5. The molecular weight excluding hydrogens is 318 g/mol. The number of rotatable bonds is 4. The van der Waals surface area contributed by atoms with Crippen LogP contribution in [0.25, 0.3) is 11.1 Å². The molecule has 0 bridgehead atoms. The van der Waals surface area contributed by atoms with E-state index in [1.54, 1.807) is 24.3 Å². The summed E-state index contributed by atoms with van der Waals surface area (Å²) >= 11 is 0. The Kier molecular flexibility index (Phi) is 6.38. The van der Waals surface area contributed by atoms with Crippen LogP contribution in [-0.2, 0) is 6.18 Å². The van der Waals surface area contributed by atoms with Crippen LogP contribution >= 0.6 is 12.4 Å². The van der Waals surface area contributed by atoms with Gasteiger partial charge in [0.15, 0.2) is 0 Å². The summed E-state index contributed by atoms with van der Waals surface area (Å²) in [6.07, 6.45) is -4.08. The maximum atomic E-state index is 12.5. The highest BCUT2D eigenvalue weighted by Crippen LogP contribution is 2.31. The molecule has 2 N–H and O–H groups in total. The zero-order valence-electron chi connectivity index (χ0n) is 11.6. The van der Waals surface area contributed by atoms with E-state index in [2.05, 4.69) is 0 Å². The number of hydrogen-bond acceptors (Lipinski definition) is 1. The minimum atomic E-state index is -4.33. The van der Waals surface area contributed by atoms with Gasteiger partial charge in [0, 0.05) is 6.04 Å². The number of nitrogens with two attached hydrogens (primary N) is 1. The van der Waals surface area contributed by atoms with Gasteiger partial charge in [0.2, 0.25) is 0 Å². The van der Waals surface area contributed by atoms with Crippen molar-refractivity contribution in [1.82, 2.24) is 0 Å². The van der Waals surface area contributed by atoms with Gasteiger partial charge >= 0.3 is 6.18 Å². The van der Waals surface area contributed by atoms with Gasteiger partial charge in [-0.2, -0.15) is 13.2 Å². The van der Waals surface area contributed by atoms with Crippen LogP contribution in [0.4, 0.5) is 17.6 Å². The highest BCUT2D eigenvalue weighted by molar-refractivity contribution is 5.85. The molecule has 120 valence electrons. The number of halogens is 5. The van der Waals surface area contributed by atoms with Gasteiger partial charge in [-0.15, -0.1) is 12.4 Å². The Hall–Kier alpha value is -1.59. The molecule has 0 unspecified atom stereocenters. The molecule has 0 spiro atoms. The van der Waals surface area contributed by atoms with Crippen molar-refractivity contribution in [2.75, 3.05) is 6.67 Å². The molecule has 0 saturated carbocycles. The van der Waals surface area contributed by atoms with Crippen LogP contribution in [0.15, 0.2) is 48.5 Å². The van der Waals surface area contributed by atoms with Crippen molar-refractivity contribution >= 4 is 12.4 Å². The second kappa shape index (κ2) is 7.61. The lowest BCUT2D eigenvalue weighted by Crippen LogP contribution is -2.10. The molecule has 0 aliphatic carbocycles. The summed E-state index contributed by atoms with van der Waals surface area (Å²) in [4.78, 5) is 0. The van der Waals surface area contributed by atoms with E-state index in [4.69, 9.17) is 5.73 Å². The summed E-state index contributed by atoms with van der Waals surface area (Å²) in [6, 6.07) is 11.7. The molecule has 2 aromatic carbocycles. The molecule has 0 aromatic heterocycles. The topological polar surface area (TPSA) is 26.0 Å². The first kappa shape index (κ1) is 18.5. The van der Waals surface area contributed by atoms with Crippen molar-refractivity contribution in [2.45, 2.75) is 18.6 Å². The van der Waals surface area contributed by atoms with Crippen LogP contribution < -0.4 is 5.73 Å². The molecule has 1 atom stereocenters. The average Bonchev–Trinajstić information content (AvgIpc) is 2.47. The molecule has 0 saturated heterocycles. The average molecular weight is 334 g/mol. The second-order valence-corrected chi connectivity index (χ2v) is 4.78. The Bertz CT molecular complexity index is 579. The second-order valence-electron chi connectivity index (χ2n) is 4.78. The minimum absolute atomic E-state index is 0. The fourth-order valence-corrected chi connectivity index (χ4v) is 2.06. The van der Waals surface area contributed by atoms with E-state index in [1.807, 2.05) is 0 Å². The Morgan fingerprint density at radius 3 is 1.73 bits per heavy atom. The molecule has 0 aliphatic rings. The molecular formula is C16H16ClF4N. The Morgan fingerprint density at radius 1 is 0.864 bits per heavy atom. The van der Waals surface area contributed by atoms with E-state index >= 15 is 0 Å². The normalized spacial score (nSPS) is 12.6. The summed E-state index contributed by atoms with van der Waals surface area (Å²) in [7, 11) is 0. The van der Waals surface area contributed by atoms with Crippen molar-refractivity contribution < 1.29 is 17.6 Å². The van der Waals surface area contributed by atoms with Gasteiger partial charge < -0.3 is 5.73 Å². The van der Waals surface area contributed by atoms with Crippen molar-refractivity contribution in [2.24, 2.45) is 5.73 Å². The maximum absolute atomic E-state index is 12.5.